The first-order valence-corrected chi connectivity index (χ1v) is 18.8. The minimum absolute atomic E-state index is 0.122. The Morgan fingerprint density at radius 2 is 1.42 bits per heavy atom. The lowest BCUT2D eigenvalue weighted by atomic mass is 9.43. The molecule has 0 aliphatic heterocycles. The fraction of sp³-hybridized carbons (Fsp3) is 1.00. The van der Waals surface area contributed by atoms with Gasteiger partial charge in [0.2, 0.25) is 0 Å². The van der Waals surface area contributed by atoms with Gasteiger partial charge in [-0.3, -0.25) is 0 Å². The molecule has 0 heterocycles. The predicted octanol–water partition coefficient (Wildman–Crippen LogP) is 5.71. The molecule has 0 aromatic carbocycles. The zero-order valence-electron chi connectivity index (χ0n) is 28.9. The van der Waals surface area contributed by atoms with Gasteiger partial charge in [0.05, 0.1) is 12.2 Å². The highest BCUT2D eigenvalue weighted by Crippen LogP contribution is 2.68. The van der Waals surface area contributed by atoms with Crippen LogP contribution in [0.15, 0.2) is 0 Å². The fourth-order valence-electron chi connectivity index (χ4n) is 10.8. The van der Waals surface area contributed by atoms with Gasteiger partial charge >= 0.3 is 0 Å². The third-order valence-electron chi connectivity index (χ3n) is 13.6. The highest BCUT2D eigenvalue weighted by atomic mass is 16.3. The number of fused-ring (bicyclic) bond motifs is 5. The van der Waals surface area contributed by atoms with Crippen molar-refractivity contribution in [1.82, 2.24) is 16.0 Å². The van der Waals surface area contributed by atoms with Gasteiger partial charge in [0, 0.05) is 6.04 Å². The molecule has 4 rings (SSSR count). The molecular weight excluding hydrogens is 532 g/mol. The Hall–Kier alpha value is -0.240. The number of nitrogens with two attached hydrogens (primary N) is 1. The summed E-state index contributed by atoms with van der Waals surface area (Å²) in [6, 6.07) is 0.619. The second-order valence-electron chi connectivity index (χ2n) is 16.5. The summed E-state index contributed by atoms with van der Waals surface area (Å²) >= 11 is 0. The van der Waals surface area contributed by atoms with E-state index in [4.69, 9.17) is 5.73 Å². The third-order valence-corrected chi connectivity index (χ3v) is 13.6. The van der Waals surface area contributed by atoms with Crippen molar-refractivity contribution in [3.63, 3.8) is 0 Å². The summed E-state index contributed by atoms with van der Waals surface area (Å²) in [7, 11) is 0. The van der Waals surface area contributed by atoms with Gasteiger partial charge in [-0.1, -0.05) is 34.6 Å². The molecule has 0 saturated heterocycles. The van der Waals surface area contributed by atoms with Gasteiger partial charge in [-0.15, -0.1) is 0 Å². The maximum Gasteiger partial charge on any atom is 0.0577 e. The molecule has 4 aliphatic rings. The summed E-state index contributed by atoms with van der Waals surface area (Å²) in [5.41, 5.74) is 6.30. The van der Waals surface area contributed by atoms with Gasteiger partial charge in [0.1, 0.15) is 0 Å². The highest BCUT2D eigenvalue weighted by molar-refractivity contribution is 5.12. The summed E-state index contributed by atoms with van der Waals surface area (Å²) in [6.45, 7) is 18.2. The SMILES string of the molecule is CC(C)[C@H](O)CC[C@@H](C)[C@H]1CCC2C3C(CC[C@@]21C)[C@@]1(C)CC[C@H](NCCCNCCCCNCCCN)C[C@@H]1C[C@@H]3O. The first-order chi connectivity index (χ1) is 20.6. The number of aliphatic hydroxyl groups is 2. The molecule has 0 aromatic heterocycles. The smallest absolute Gasteiger partial charge is 0.0577 e. The van der Waals surface area contributed by atoms with Crippen LogP contribution in [0.2, 0.25) is 0 Å². The number of rotatable bonds is 18. The molecule has 0 bridgehead atoms. The molecule has 6 nitrogen and oxygen atoms in total. The minimum Gasteiger partial charge on any atom is -0.393 e. The Morgan fingerprint density at radius 3 is 2.12 bits per heavy atom. The summed E-state index contributed by atoms with van der Waals surface area (Å²) < 4.78 is 0. The van der Waals surface area contributed by atoms with E-state index in [0.29, 0.717) is 52.4 Å². The maximum atomic E-state index is 11.8. The van der Waals surface area contributed by atoms with Crippen LogP contribution in [0.5, 0.6) is 0 Å². The van der Waals surface area contributed by atoms with Gasteiger partial charge in [0.15, 0.2) is 0 Å². The van der Waals surface area contributed by atoms with Crippen molar-refractivity contribution in [2.24, 2.45) is 58.0 Å². The molecule has 0 spiro atoms. The molecule has 7 N–H and O–H groups in total. The van der Waals surface area contributed by atoms with E-state index in [0.717, 1.165) is 70.9 Å². The predicted molar refractivity (Wildman–Crippen MR) is 181 cm³/mol. The van der Waals surface area contributed by atoms with Crippen molar-refractivity contribution >= 4 is 0 Å². The van der Waals surface area contributed by atoms with Gasteiger partial charge in [0.25, 0.3) is 0 Å². The number of hydrogen-bond acceptors (Lipinski definition) is 6. The molecule has 4 aliphatic carbocycles. The summed E-state index contributed by atoms with van der Waals surface area (Å²) in [6.07, 6.45) is 16.7. The highest BCUT2D eigenvalue weighted by Gasteiger charge is 2.62. The van der Waals surface area contributed by atoms with Crippen LogP contribution in [0.1, 0.15) is 125 Å². The summed E-state index contributed by atoms with van der Waals surface area (Å²) in [5, 5.41) is 33.2. The molecule has 43 heavy (non-hydrogen) atoms. The lowest BCUT2D eigenvalue weighted by Crippen LogP contribution is -2.59. The van der Waals surface area contributed by atoms with E-state index in [1.807, 2.05) is 0 Å². The lowest BCUT2D eigenvalue weighted by molar-refractivity contribution is -0.167. The maximum absolute atomic E-state index is 11.8. The monoisotopic (exact) mass is 605 g/mol. The number of hydrogen-bond donors (Lipinski definition) is 6. The van der Waals surface area contributed by atoms with Crippen molar-refractivity contribution in [3.8, 4) is 0 Å². The van der Waals surface area contributed by atoms with Crippen molar-refractivity contribution in [2.75, 3.05) is 39.3 Å². The molecule has 0 aromatic rings. The molecular formula is C37H72N4O2. The van der Waals surface area contributed by atoms with Crippen LogP contribution >= 0.6 is 0 Å². The van der Waals surface area contributed by atoms with E-state index < -0.39 is 0 Å². The standard InChI is InChI=1S/C37H72N4O2/c1-26(2)33(42)13-10-27(3)30-11-12-31-35-32(15-17-37(30,31)5)36(4)16-14-29(24-28(36)25-34(35)43)41-23-9-22-40-20-7-6-19-39-21-8-18-38/h26-35,39-43H,6-25,38H2,1-5H3/t27-,28-,29+,30-,31?,32?,33-,34+,35?,36+,37-/m1/s1. The van der Waals surface area contributed by atoms with Gasteiger partial charge in [-0.25, -0.2) is 0 Å². The Morgan fingerprint density at radius 1 is 0.767 bits per heavy atom. The number of unbranched alkanes of at least 4 members (excludes halogenated alkanes) is 1. The third kappa shape index (κ3) is 8.57. The molecule has 0 radical (unpaired) electrons. The molecule has 0 amide bonds. The van der Waals surface area contributed by atoms with Crippen LogP contribution in [-0.2, 0) is 0 Å². The van der Waals surface area contributed by atoms with Gasteiger partial charge in [-0.2, -0.15) is 0 Å². The van der Waals surface area contributed by atoms with Crippen LogP contribution in [-0.4, -0.2) is 67.7 Å². The van der Waals surface area contributed by atoms with Crippen molar-refractivity contribution < 1.29 is 10.2 Å². The molecule has 6 heteroatoms. The van der Waals surface area contributed by atoms with Crippen LogP contribution in [0.3, 0.4) is 0 Å². The molecule has 3 unspecified atom stereocenters. The fourth-order valence-corrected chi connectivity index (χ4v) is 10.8. The largest absolute Gasteiger partial charge is 0.393 e. The van der Waals surface area contributed by atoms with Crippen LogP contribution < -0.4 is 21.7 Å². The number of aliphatic hydroxyl groups excluding tert-OH is 2. The molecule has 4 fully saturated rings. The first kappa shape index (κ1) is 35.6. The van der Waals surface area contributed by atoms with E-state index in [9.17, 15) is 10.2 Å². The Kier molecular flexibility index (Phi) is 13.7. The van der Waals surface area contributed by atoms with Crippen molar-refractivity contribution in [3.05, 3.63) is 0 Å². The van der Waals surface area contributed by atoms with Crippen LogP contribution in [0.25, 0.3) is 0 Å². The van der Waals surface area contributed by atoms with E-state index in [2.05, 4.69) is 50.6 Å². The normalized spacial score (nSPS) is 38.9. The Balaban J connectivity index is 1.20. The van der Waals surface area contributed by atoms with Crippen molar-refractivity contribution in [2.45, 2.75) is 143 Å². The zero-order valence-corrected chi connectivity index (χ0v) is 28.9. The van der Waals surface area contributed by atoms with E-state index in [-0.39, 0.29) is 12.2 Å². The van der Waals surface area contributed by atoms with Crippen LogP contribution in [0.4, 0.5) is 0 Å². The second-order valence-corrected chi connectivity index (χ2v) is 16.5. The summed E-state index contributed by atoms with van der Waals surface area (Å²) in [5.74, 6) is 4.28. The van der Waals surface area contributed by atoms with E-state index >= 15 is 0 Å². The Labute approximate surface area is 265 Å². The topological polar surface area (TPSA) is 103 Å². The minimum atomic E-state index is -0.170. The first-order valence-electron chi connectivity index (χ1n) is 18.8. The summed E-state index contributed by atoms with van der Waals surface area (Å²) in [4.78, 5) is 0. The average molecular weight is 605 g/mol. The van der Waals surface area contributed by atoms with Gasteiger partial charge in [-0.05, 0) is 181 Å². The van der Waals surface area contributed by atoms with Gasteiger partial charge < -0.3 is 31.9 Å². The van der Waals surface area contributed by atoms with E-state index in [1.54, 1.807) is 0 Å². The average Bonchev–Trinajstić information content (AvgIpc) is 3.34. The van der Waals surface area contributed by atoms with E-state index in [1.165, 1.54) is 64.2 Å². The Bertz CT molecular complexity index is 811. The molecule has 252 valence electrons. The van der Waals surface area contributed by atoms with Crippen LogP contribution in [0, 0.1) is 52.3 Å². The quantitative estimate of drug-likeness (QED) is 0.112. The lowest BCUT2D eigenvalue weighted by Gasteiger charge is -2.62. The molecule has 11 atom stereocenters. The second kappa shape index (κ2) is 16.5. The zero-order chi connectivity index (χ0) is 31.0. The van der Waals surface area contributed by atoms with Crippen molar-refractivity contribution in [1.29, 1.82) is 0 Å². The molecule has 4 saturated carbocycles. The number of nitrogens with one attached hydrogen (secondary N) is 3.